The summed E-state index contributed by atoms with van der Waals surface area (Å²) in [7, 11) is 0. The Morgan fingerprint density at radius 2 is 1.93 bits per heavy atom. The molecule has 0 saturated heterocycles. The van der Waals surface area contributed by atoms with Gasteiger partial charge in [-0.15, -0.1) is 12.4 Å². The molecule has 0 aliphatic carbocycles. The highest BCUT2D eigenvalue weighted by Gasteiger charge is 2.19. The Morgan fingerprint density at radius 1 is 1.19 bits per heavy atom. The molecule has 0 radical (unpaired) electrons. The number of carbonyl (C=O) groups is 1. The number of fused-ring (bicyclic) bond motifs is 1. The maximum Gasteiger partial charge on any atom is 0.342 e. The van der Waals surface area contributed by atoms with Gasteiger partial charge < -0.3 is 10.1 Å². The van der Waals surface area contributed by atoms with E-state index in [0.717, 1.165) is 11.3 Å². The van der Waals surface area contributed by atoms with Crippen molar-refractivity contribution in [3.05, 3.63) is 59.2 Å². The fourth-order valence-electron chi connectivity index (χ4n) is 2.64. The van der Waals surface area contributed by atoms with Crippen molar-refractivity contribution in [2.24, 2.45) is 0 Å². The Hall–Kier alpha value is -2.73. The molecule has 0 fully saturated rings. The third-order valence-electron chi connectivity index (χ3n) is 3.88. The third-order valence-corrected chi connectivity index (χ3v) is 3.88. The number of hydrogen-bond acceptors (Lipinski definition) is 5. The molecule has 0 unspecified atom stereocenters. The molecule has 27 heavy (non-hydrogen) atoms. The molecule has 0 bridgehead atoms. The highest BCUT2D eigenvalue weighted by atomic mass is 35.5. The zero-order valence-corrected chi connectivity index (χ0v) is 16.4. The van der Waals surface area contributed by atoms with Crippen LogP contribution in [0.3, 0.4) is 0 Å². The van der Waals surface area contributed by atoms with Crippen LogP contribution in [-0.2, 0) is 4.74 Å². The lowest BCUT2D eigenvalue weighted by atomic mass is 10.1. The van der Waals surface area contributed by atoms with Gasteiger partial charge in [0.15, 0.2) is 5.65 Å². The van der Waals surface area contributed by atoms with Gasteiger partial charge in [-0.1, -0.05) is 0 Å². The molecular formula is C20H21ClFN3O2. The summed E-state index contributed by atoms with van der Waals surface area (Å²) in [4.78, 5) is 21.2. The van der Waals surface area contributed by atoms with Crippen molar-refractivity contribution in [3.63, 3.8) is 0 Å². The summed E-state index contributed by atoms with van der Waals surface area (Å²) >= 11 is 0. The molecule has 1 N–H and O–H groups in total. The van der Waals surface area contributed by atoms with E-state index in [2.05, 4.69) is 15.3 Å². The van der Waals surface area contributed by atoms with Crippen LogP contribution in [0.4, 0.5) is 15.8 Å². The van der Waals surface area contributed by atoms with E-state index in [-0.39, 0.29) is 24.3 Å². The first-order chi connectivity index (χ1) is 12.3. The van der Waals surface area contributed by atoms with Gasteiger partial charge in [0.25, 0.3) is 0 Å². The van der Waals surface area contributed by atoms with Gasteiger partial charge >= 0.3 is 5.97 Å². The van der Waals surface area contributed by atoms with Crippen LogP contribution in [0, 0.1) is 19.7 Å². The summed E-state index contributed by atoms with van der Waals surface area (Å²) in [6.45, 7) is 7.24. The van der Waals surface area contributed by atoms with E-state index in [1.165, 1.54) is 18.3 Å². The Balaban J connectivity index is 0.00000261. The molecule has 3 aromatic rings. The smallest absolute Gasteiger partial charge is 0.342 e. The van der Waals surface area contributed by atoms with Gasteiger partial charge in [0.05, 0.1) is 11.8 Å². The molecule has 0 atom stereocenters. The largest absolute Gasteiger partial charge is 0.459 e. The van der Waals surface area contributed by atoms with Crippen LogP contribution in [0.5, 0.6) is 0 Å². The van der Waals surface area contributed by atoms with Crippen LogP contribution in [0.15, 0.2) is 36.5 Å². The van der Waals surface area contributed by atoms with Gasteiger partial charge in [-0.2, -0.15) is 0 Å². The summed E-state index contributed by atoms with van der Waals surface area (Å²) in [5.41, 5.74) is 3.61. The quantitative estimate of drug-likeness (QED) is 0.627. The fraction of sp³-hybridized carbons (Fsp3) is 0.250. The van der Waals surface area contributed by atoms with Gasteiger partial charge in [0.2, 0.25) is 0 Å². The number of ether oxygens (including phenoxy) is 1. The van der Waals surface area contributed by atoms with Crippen molar-refractivity contribution in [2.75, 3.05) is 5.32 Å². The number of rotatable bonds is 4. The predicted molar refractivity (Wildman–Crippen MR) is 106 cm³/mol. The Kier molecular flexibility index (Phi) is 6.33. The number of carbonyl (C=O) groups excluding carboxylic acids is 1. The molecule has 0 aliphatic rings. The third kappa shape index (κ3) is 4.52. The van der Waals surface area contributed by atoms with Gasteiger partial charge in [0, 0.05) is 23.0 Å². The molecule has 3 rings (SSSR count). The second-order valence-corrected chi connectivity index (χ2v) is 6.41. The molecule has 0 saturated carbocycles. The highest BCUT2D eigenvalue weighted by molar-refractivity contribution is 6.05. The average Bonchev–Trinajstić information content (AvgIpc) is 2.56. The summed E-state index contributed by atoms with van der Waals surface area (Å²) in [5.74, 6) is -0.790. The topological polar surface area (TPSA) is 64.1 Å². The van der Waals surface area contributed by atoms with Crippen molar-refractivity contribution in [2.45, 2.75) is 33.8 Å². The summed E-state index contributed by atoms with van der Waals surface area (Å²) < 4.78 is 18.8. The van der Waals surface area contributed by atoms with Crippen LogP contribution in [0.25, 0.3) is 11.0 Å². The van der Waals surface area contributed by atoms with E-state index in [1.54, 1.807) is 26.8 Å². The van der Waals surface area contributed by atoms with Gasteiger partial charge in [-0.05, 0) is 63.6 Å². The summed E-state index contributed by atoms with van der Waals surface area (Å²) in [6.07, 6.45) is 1.20. The van der Waals surface area contributed by atoms with E-state index in [1.807, 2.05) is 19.1 Å². The molecular weight excluding hydrogens is 369 g/mol. The van der Waals surface area contributed by atoms with Crippen molar-refractivity contribution >= 4 is 40.8 Å². The lowest BCUT2D eigenvalue weighted by molar-refractivity contribution is 0.0379. The van der Waals surface area contributed by atoms with Crippen LogP contribution >= 0.6 is 12.4 Å². The summed E-state index contributed by atoms with van der Waals surface area (Å²) in [5, 5.41) is 3.93. The van der Waals surface area contributed by atoms with E-state index in [4.69, 9.17) is 4.74 Å². The highest BCUT2D eigenvalue weighted by Crippen LogP contribution is 2.30. The second-order valence-electron chi connectivity index (χ2n) is 6.41. The number of pyridine rings is 2. The number of benzene rings is 1. The van der Waals surface area contributed by atoms with Gasteiger partial charge in [0.1, 0.15) is 11.4 Å². The molecule has 2 heterocycles. The monoisotopic (exact) mass is 389 g/mol. The van der Waals surface area contributed by atoms with E-state index < -0.39 is 5.97 Å². The average molecular weight is 390 g/mol. The van der Waals surface area contributed by atoms with Crippen molar-refractivity contribution in [1.82, 2.24) is 9.97 Å². The molecule has 142 valence electrons. The molecule has 1 aromatic carbocycles. The minimum Gasteiger partial charge on any atom is -0.459 e. The molecule has 7 heteroatoms. The minimum atomic E-state index is -0.475. The first-order valence-electron chi connectivity index (χ1n) is 8.35. The van der Waals surface area contributed by atoms with Gasteiger partial charge in [-0.25, -0.2) is 19.2 Å². The predicted octanol–water partition coefficient (Wildman–Crippen LogP) is 5.12. The SMILES string of the molecule is Cc1ccc2c(Nc3ccc(F)cc3C)c(C(=O)OC(C)C)cnc2n1.Cl. The normalized spacial score (nSPS) is 10.6. The van der Waals surface area contributed by atoms with Crippen LogP contribution in [-0.4, -0.2) is 22.0 Å². The molecule has 0 aliphatic heterocycles. The maximum absolute atomic E-state index is 13.4. The van der Waals surface area contributed by atoms with Gasteiger partial charge in [-0.3, -0.25) is 0 Å². The van der Waals surface area contributed by atoms with E-state index in [0.29, 0.717) is 28.0 Å². The number of nitrogens with zero attached hydrogens (tertiary/aromatic N) is 2. The van der Waals surface area contributed by atoms with Crippen LogP contribution < -0.4 is 5.32 Å². The summed E-state index contributed by atoms with van der Waals surface area (Å²) in [6, 6.07) is 8.14. The zero-order valence-electron chi connectivity index (χ0n) is 15.5. The lowest BCUT2D eigenvalue weighted by Crippen LogP contribution is -2.14. The van der Waals surface area contributed by atoms with Crippen LogP contribution in [0.1, 0.15) is 35.5 Å². The van der Waals surface area contributed by atoms with Crippen molar-refractivity contribution < 1.29 is 13.9 Å². The molecule has 2 aromatic heterocycles. The van der Waals surface area contributed by atoms with Crippen molar-refractivity contribution in [3.8, 4) is 0 Å². The second kappa shape index (κ2) is 8.31. The van der Waals surface area contributed by atoms with E-state index >= 15 is 0 Å². The number of nitrogens with one attached hydrogen (secondary N) is 1. The molecule has 5 nitrogen and oxygen atoms in total. The fourth-order valence-corrected chi connectivity index (χ4v) is 2.64. The number of anilines is 2. The molecule has 0 spiro atoms. The number of aryl methyl sites for hydroxylation is 2. The van der Waals surface area contributed by atoms with E-state index in [9.17, 15) is 9.18 Å². The first kappa shape index (κ1) is 20.6. The molecule has 0 amide bonds. The lowest BCUT2D eigenvalue weighted by Gasteiger charge is -2.16. The number of halogens is 2. The van der Waals surface area contributed by atoms with Crippen LogP contribution in [0.2, 0.25) is 0 Å². The zero-order chi connectivity index (χ0) is 18.8. The van der Waals surface area contributed by atoms with Crippen molar-refractivity contribution in [1.29, 1.82) is 0 Å². The first-order valence-corrected chi connectivity index (χ1v) is 8.35. The number of esters is 1. The standard InChI is InChI=1S/C20H20FN3O2.ClH/c1-11(2)26-20(25)16-10-22-19-15(7-5-13(4)23-19)18(16)24-17-8-6-14(21)9-12(17)3;/h5-11H,1-4H3,(H,22,23,24);1H. The Labute approximate surface area is 163 Å². The number of hydrogen-bond donors (Lipinski definition) is 1. The number of aromatic nitrogens is 2. The maximum atomic E-state index is 13.4. The minimum absolute atomic E-state index is 0. The Morgan fingerprint density at radius 3 is 2.59 bits per heavy atom. The Bertz CT molecular complexity index is 992.